The fourth-order valence-electron chi connectivity index (χ4n) is 3.47. The summed E-state index contributed by atoms with van der Waals surface area (Å²) in [6.07, 6.45) is 2.86. The van der Waals surface area contributed by atoms with Crippen molar-refractivity contribution < 1.29 is 8.78 Å². The van der Waals surface area contributed by atoms with Gasteiger partial charge in [0.05, 0.1) is 29.0 Å². The van der Waals surface area contributed by atoms with Crippen molar-refractivity contribution >= 4 is 27.9 Å². The van der Waals surface area contributed by atoms with Gasteiger partial charge in [-0.15, -0.1) is 0 Å². The molecule has 5 aromatic rings. The van der Waals surface area contributed by atoms with Gasteiger partial charge in [-0.25, -0.2) is 28.7 Å². The number of para-hydroxylation sites is 1. The molecule has 8 nitrogen and oxygen atoms in total. The number of anilines is 1. The maximum Gasteiger partial charge on any atom is 0.266 e. The Kier molecular flexibility index (Phi) is 4.39. The predicted octanol–water partition coefficient (Wildman–Crippen LogP) is 3.50. The first kappa shape index (κ1) is 18.8. The van der Waals surface area contributed by atoms with Crippen LogP contribution in [0.4, 0.5) is 14.6 Å². The maximum absolute atomic E-state index is 14.7. The van der Waals surface area contributed by atoms with Gasteiger partial charge in [-0.2, -0.15) is 0 Å². The Morgan fingerprint density at radius 1 is 1.10 bits per heavy atom. The van der Waals surface area contributed by atoms with Gasteiger partial charge in [0.1, 0.15) is 29.3 Å². The molecule has 2 aromatic carbocycles. The molecule has 10 heteroatoms. The summed E-state index contributed by atoms with van der Waals surface area (Å²) in [6, 6.07) is 9.01. The quantitative estimate of drug-likeness (QED) is 0.462. The Hall–Kier alpha value is -4.21. The van der Waals surface area contributed by atoms with Crippen LogP contribution in [0.2, 0.25) is 0 Å². The molecule has 0 bridgehead atoms. The third-order valence-corrected chi connectivity index (χ3v) is 4.91. The van der Waals surface area contributed by atoms with Gasteiger partial charge in [0.25, 0.3) is 5.56 Å². The van der Waals surface area contributed by atoms with Gasteiger partial charge in [-0.1, -0.05) is 12.1 Å². The highest BCUT2D eigenvalue weighted by atomic mass is 19.1. The Morgan fingerprint density at radius 2 is 1.94 bits per heavy atom. The summed E-state index contributed by atoms with van der Waals surface area (Å²) in [6.45, 7) is 1.76. The van der Waals surface area contributed by atoms with E-state index in [4.69, 9.17) is 0 Å². The monoisotopic (exact) mass is 419 g/mol. The van der Waals surface area contributed by atoms with E-state index >= 15 is 0 Å². The molecule has 0 aliphatic rings. The minimum Gasteiger partial charge on any atom is -0.358 e. The first-order chi connectivity index (χ1) is 15.0. The minimum atomic E-state index is -0.604. The third kappa shape index (κ3) is 3.18. The lowest BCUT2D eigenvalue weighted by Crippen LogP contribution is -2.28. The number of hydrogen-bond donors (Lipinski definition) is 2. The van der Waals surface area contributed by atoms with Crippen LogP contribution in [0.5, 0.6) is 0 Å². The van der Waals surface area contributed by atoms with Crippen molar-refractivity contribution in [2.75, 3.05) is 5.32 Å². The van der Waals surface area contributed by atoms with Crippen LogP contribution in [0.1, 0.15) is 18.8 Å². The number of H-pyrrole nitrogens is 1. The average Bonchev–Trinajstić information content (AvgIpc) is 3.25. The van der Waals surface area contributed by atoms with Crippen molar-refractivity contribution in [2.24, 2.45) is 0 Å². The summed E-state index contributed by atoms with van der Waals surface area (Å²) in [5.74, 6) is -0.525. The van der Waals surface area contributed by atoms with E-state index in [1.54, 1.807) is 13.0 Å². The zero-order chi connectivity index (χ0) is 21.5. The Balaban J connectivity index is 1.72. The predicted molar refractivity (Wildman–Crippen MR) is 111 cm³/mol. The lowest BCUT2D eigenvalue weighted by atomic mass is 10.2. The molecule has 2 N–H and O–H groups in total. The van der Waals surface area contributed by atoms with Crippen LogP contribution < -0.4 is 10.9 Å². The number of aromatic nitrogens is 6. The number of rotatable bonds is 4. The zero-order valence-electron chi connectivity index (χ0n) is 16.2. The van der Waals surface area contributed by atoms with Crippen LogP contribution in [0.25, 0.3) is 27.8 Å². The number of benzene rings is 2. The highest BCUT2D eigenvalue weighted by Crippen LogP contribution is 2.24. The lowest BCUT2D eigenvalue weighted by Gasteiger charge is -2.20. The zero-order valence-corrected chi connectivity index (χ0v) is 16.2. The molecule has 3 heterocycles. The van der Waals surface area contributed by atoms with Gasteiger partial charge in [0.15, 0.2) is 11.5 Å². The standard InChI is InChI=1S/C21H15F2N7O/c1-11(28-19-17-18(25-9-24-17)26-10-27-19)20-29-15-7-6-12(22)8-13(15)21(31)30(20)16-5-3-2-4-14(16)23/h2-11H,1H3,(H2,24,25,26,27,28)/t11-/m0/s1. The summed E-state index contributed by atoms with van der Waals surface area (Å²) in [5, 5.41) is 3.22. The van der Waals surface area contributed by atoms with Crippen LogP contribution in [-0.2, 0) is 0 Å². The Morgan fingerprint density at radius 3 is 2.77 bits per heavy atom. The normalized spacial score (nSPS) is 12.4. The molecule has 0 amide bonds. The van der Waals surface area contributed by atoms with Crippen molar-refractivity contribution in [3.8, 4) is 5.69 Å². The van der Waals surface area contributed by atoms with Crippen molar-refractivity contribution in [3.05, 3.63) is 82.9 Å². The Labute approximate surface area is 173 Å². The van der Waals surface area contributed by atoms with Crippen LogP contribution in [-0.4, -0.2) is 29.5 Å². The number of nitrogens with one attached hydrogen (secondary N) is 2. The third-order valence-electron chi connectivity index (χ3n) is 4.91. The van der Waals surface area contributed by atoms with Crippen molar-refractivity contribution in [1.29, 1.82) is 0 Å². The molecule has 154 valence electrons. The molecular weight excluding hydrogens is 404 g/mol. The van der Waals surface area contributed by atoms with Gasteiger partial charge in [0, 0.05) is 0 Å². The number of fused-ring (bicyclic) bond motifs is 2. The molecule has 3 aromatic heterocycles. The second kappa shape index (κ2) is 7.24. The first-order valence-electron chi connectivity index (χ1n) is 9.40. The van der Waals surface area contributed by atoms with E-state index in [0.29, 0.717) is 22.5 Å². The topological polar surface area (TPSA) is 101 Å². The number of nitrogens with zero attached hydrogens (tertiary/aromatic N) is 5. The van der Waals surface area contributed by atoms with Crippen molar-refractivity contribution in [3.63, 3.8) is 0 Å². The van der Waals surface area contributed by atoms with E-state index in [1.807, 2.05) is 0 Å². The molecule has 5 rings (SSSR count). The molecule has 0 aliphatic heterocycles. The number of halogens is 2. The van der Waals surface area contributed by atoms with Gasteiger partial charge in [0.2, 0.25) is 0 Å². The fraction of sp³-hybridized carbons (Fsp3) is 0.0952. The summed E-state index contributed by atoms with van der Waals surface area (Å²) >= 11 is 0. The SMILES string of the molecule is C[C@H](Nc1ncnc2[nH]cnc12)c1nc2ccc(F)cc2c(=O)n1-c1ccccc1F. The highest BCUT2D eigenvalue weighted by Gasteiger charge is 2.21. The van der Waals surface area contributed by atoms with E-state index in [-0.39, 0.29) is 16.9 Å². The van der Waals surface area contributed by atoms with E-state index < -0.39 is 23.2 Å². The molecule has 0 spiro atoms. The number of aromatic amines is 1. The second-order valence-corrected chi connectivity index (χ2v) is 6.91. The molecular formula is C21H15F2N7O. The molecule has 0 saturated carbocycles. The van der Waals surface area contributed by atoms with Crippen LogP contribution in [0.15, 0.2) is 59.9 Å². The Bertz CT molecular complexity index is 1490. The van der Waals surface area contributed by atoms with Crippen LogP contribution >= 0.6 is 0 Å². The minimum absolute atomic E-state index is 0.0161. The molecule has 0 saturated heterocycles. The van der Waals surface area contributed by atoms with Crippen molar-refractivity contribution in [2.45, 2.75) is 13.0 Å². The van der Waals surface area contributed by atoms with E-state index in [0.717, 1.165) is 10.6 Å². The van der Waals surface area contributed by atoms with E-state index in [9.17, 15) is 13.6 Å². The largest absolute Gasteiger partial charge is 0.358 e. The van der Waals surface area contributed by atoms with Gasteiger partial charge in [-0.05, 0) is 37.3 Å². The van der Waals surface area contributed by atoms with E-state index in [2.05, 4.69) is 30.2 Å². The van der Waals surface area contributed by atoms with Crippen LogP contribution in [0, 0.1) is 11.6 Å². The van der Waals surface area contributed by atoms with Gasteiger partial charge >= 0.3 is 0 Å². The second-order valence-electron chi connectivity index (χ2n) is 6.91. The molecule has 31 heavy (non-hydrogen) atoms. The summed E-state index contributed by atoms with van der Waals surface area (Å²) in [5.41, 5.74) is 0.790. The van der Waals surface area contributed by atoms with E-state index in [1.165, 1.54) is 43.0 Å². The summed E-state index contributed by atoms with van der Waals surface area (Å²) in [7, 11) is 0. The number of hydrogen-bond acceptors (Lipinski definition) is 6. The smallest absolute Gasteiger partial charge is 0.266 e. The van der Waals surface area contributed by atoms with Crippen LogP contribution in [0.3, 0.4) is 0 Å². The first-order valence-corrected chi connectivity index (χ1v) is 9.40. The molecule has 0 radical (unpaired) electrons. The maximum atomic E-state index is 14.7. The fourth-order valence-corrected chi connectivity index (χ4v) is 3.47. The molecule has 0 unspecified atom stereocenters. The summed E-state index contributed by atoms with van der Waals surface area (Å²) < 4.78 is 29.6. The molecule has 0 aliphatic carbocycles. The highest BCUT2D eigenvalue weighted by molar-refractivity contribution is 5.82. The van der Waals surface area contributed by atoms with Gasteiger partial charge in [-0.3, -0.25) is 9.36 Å². The average molecular weight is 419 g/mol. The summed E-state index contributed by atoms with van der Waals surface area (Å²) in [4.78, 5) is 33.3. The lowest BCUT2D eigenvalue weighted by molar-refractivity contribution is 0.606. The molecule has 1 atom stereocenters. The van der Waals surface area contributed by atoms with Crippen molar-refractivity contribution in [1.82, 2.24) is 29.5 Å². The number of imidazole rings is 1. The van der Waals surface area contributed by atoms with Gasteiger partial charge < -0.3 is 10.3 Å². The molecule has 0 fully saturated rings.